The van der Waals surface area contributed by atoms with Gasteiger partial charge in [-0.1, -0.05) is 31.2 Å². The molecule has 24 heavy (non-hydrogen) atoms. The maximum absolute atomic E-state index is 11.0. The Labute approximate surface area is 146 Å². The monoisotopic (exact) mass is 334 g/mol. The van der Waals surface area contributed by atoms with Crippen LogP contribution in [-0.2, 0) is 19.0 Å². The third kappa shape index (κ3) is 8.44. The third-order valence-corrected chi connectivity index (χ3v) is 3.94. The third-order valence-electron chi connectivity index (χ3n) is 3.94. The van der Waals surface area contributed by atoms with E-state index in [1.807, 2.05) is 6.92 Å². The fraction of sp³-hybridized carbons (Fsp3) is 0.650. The molecular formula is C20H30O4. The van der Waals surface area contributed by atoms with Crippen molar-refractivity contribution in [3.63, 3.8) is 0 Å². The normalized spacial score (nSPS) is 22.3. The van der Waals surface area contributed by atoms with Gasteiger partial charge in [0, 0.05) is 20.0 Å². The Morgan fingerprint density at radius 1 is 1.50 bits per heavy atom. The van der Waals surface area contributed by atoms with E-state index in [4.69, 9.17) is 14.2 Å². The molecule has 1 aliphatic heterocycles. The van der Waals surface area contributed by atoms with Crippen LogP contribution in [0.5, 0.6) is 0 Å². The summed E-state index contributed by atoms with van der Waals surface area (Å²) in [5.41, 5.74) is 1.02. The van der Waals surface area contributed by atoms with E-state index in [0.717, 1.165) is 37.5 Å². The van der Waals surface area contributed by atoms with Crippen molar-refractivity contribution in [3.05, 3.63) is 24.3 Å². The van der Waals surface area contributed by atoms with Gasteiger partial charge in [0.05, 0.1) is 12.2 Å². The van der Waals surface area contributed by atoms with Crippen molar-refractivity contribution in [2.75, 3.05) is 13.9 Å². The molecule has 1 aliphatic rings. The standard InChI is InChI=1S/C20H30O4/c1-5-6-8-18-9-7-10-19(24-18)12-16(2)11-17(3)13-20(14-21)23-15-22-4/h7,9,14,16,18-20H,3,8,10-13,15H2,1-2,4H3. The number of ether oxygens (including phenoxy) is 3. The summed E-state index contributed by atoms with van der Waals surface area (Å²) in [5.74, 6) is 6.43. The molecule has 0 amide bonds. The van der Waals surface area contributed by atoms with E-state index in [2.05, 4.69) is 37.5 Å². The Morgan fingerprint density at radius 2 is 2.29 bits per heavy atom. The molecule has 4 atom stereocenters. The van der Waals surface area contributed by atoms with E-state index in [0.29, 0.717) is 12.3 Å². The second kappa shape index (κ2) is 12.0. The summed E-state index contributed by atoms with van der Waals surface area (Å²) in [6.07, 6.45) is 9.04. The highest BCUT2D eigenvalue weighted by Crippen LogP contribution is 2.25. The van der Waals surface area contributed by atoms with Gasteiger partial charge in [-0.05, 0) is 32.1 Å². The first-order chi connectivity index (χ1) is 11.6. The zero-order valence-corrected chi connectivity index (χ0v) is 15.1. The van der Waals surface area contributed by atoms with Gasteiger partial charge in [-0.15, -0.1) is 11.8 Å². The van der Waals surface area contributed by atoms with Crippen LogP contribution in [-0.4, -0.2) is 38.5 Å². The van der Waals surface area contributed by atoms with Gasteiger partial charge in [-0.3, -0.25) is 0 Å². The fourth-order valence-corrected chi connectivity index (χ4v) is 2.90. The van der Waals surface area contributed by atoms with Crippen molar-refractivity contribution in [1.82, 2.24) is 0 Å². The van der Waals surface area contributed by atoms with Crippen molar-refractivity contribution in [1.29, 1.82) is 0 Å². The summed E-state index contributed by atoms with van der Waals surface area (Å²) in [7, 11) is 1.54. The SMILES string of the molecule is C=C(CC(C)CC1CC=CC(CC#CC)O1)CC(C=O)OCOC. The summed E-state index contributed by atoms with van der Waals surface area (Å²) in [6, 6.07) is 0. The van der Waals surface area contributed by atoms with Crippen molar-refractivity contribution in [2.24, 2.45) is 5.92 Å². The lowest BCUT2D eigenvalue weighted by Gasteiger charge is -2.27. The highest BCUT2D eigenvalue weighted by Gasteiger charge is 2.20. The molecule has 4 nitrogen and oxygen atoms in total. The minimum atomic E-state index is -0.476. The second-order valence-electron chi connectivity index (χ2n) is 6.34. The van der Waals surface area contributed by atoms with Gasteiger partial charge in [0.25, 0.3) is 0 Å². The Kier molecular flexibility index (Phi) is 10.3. The number of rotatable bonds is 11. The van der Waals surface area contributed by atoms with Crippen molar-refractivity contribution < 1.29 is 19.0 Å². The average molecular weight is 334 g/mol. The molecule has 0 aromatic heterocycles. The van der Waals surface area contributed by atoms with Crippen LogP contribution in [0.4, 0.5) is 0 Å². The molecule has 0 saturated heterocycles. The van der Waals surface area contributed by atoms with Gasteiger partial charge < -0.3 is 19.0 Å². The van der Waals surface area contributed by atoms with Crippen LogP contribution in [0.15, 0.2) is 24.3 Å². The number of methoxy groups -OCH3 is 1. The smallest absolute Gasteiger partial charge is 0.149 e. The summed E-state index contributed by atoms with van der Waals surface area (Å²) in [6.45, 7) is 8.25. The lowest BCUT2D eigenvalue weighted by Crippen LogP contribution is -2.26. The molecule has 0 bridgehead atoms. The van der Waals surface area contributed by atoms with E-state index in [-0.39, 0.29) is 19.0 Å². The Bertz CT molecular complexity index is 472. The number of carbonyl (C=O) groups is 1. The lowest BCUT2D eigenvalue weighted by molar-refractivity contribution is -0.127. The van der Waals surface area contributed by atoms with Crippen LogP contribution >= 0.6 is 0 Å². The Balaban J connectivity index is 2.35. The van der Waals surface area contributed by atoms with E-state index in [1.165, 1.54) is 7.11 Å². The number of carbonyl (C=O) groups excluding carboxylic acids is 1. The zero-order chi connectivity index (χ0) is 17.8. The summed E-state index contributed by atoms with van der Waals surface area (Å²) >= 11 is 0. The first kappa shape index (κ1) is 20.6. The maximum atomic E-state index is 11.0. The van der Waals surface area contributed by atoms with Gasteiger partial charge in [-0.25, -0.2) is 0 Å². The van der Waals surface area contributed by atoms with Crippen molar-refractivity contribution in [3.8, 4) is 11.8 Å². The van der Waals surface area contributed by atoms with E-state index < -0.39 is 6.10 Å². The van der Waals surface area contributed by atoms with Gasteiger partial charge >= 0.3 is 0 Å². The predicted molar refractivity (Wildman–Crippen MR) is 95.5 cm³/mol. The van der Waals surface area contributed by atoms with Crippen LogP contribution in [0.2, 0.25) is 0 Å². The molecule has 0 radical (unpaired) electrons. The molecular weight excluding hydrogens is 304 g/mol. The minimum Gasteiger partial charge on any atom is -0.370 e. The van der Waals surface area contributed by atoms with Gasteiger partial charge in [0.2, 0.25) is 0 Å². The molecule has 134 valence electrons. The first-order valence-corrected chi connectivity index (χ1v) is 8.53. The zero-order valence-electron chi connectivity index (χ0n) is 15.1. The average Bonchev–Trinajstić information content (AvgIpc) is 2.56. The minimum absolute atomic E-state index is 0.105. The molecule has 1 heterocycles. The van der Waals surface area contributed by atoms with E-state index in [1.54, 1.807) is 0 Å². The molecule has 0 aromatic rings. The number of aldehydes is 1. The molecule has 0 N–H and O–H groups in total. The second-order valence-corrected chi connectivity index (χ2v) is 6.34. The summed E-state index contributed by atoms with van der Waals surface area (Å²) in [5, 5.41) is 0. The van der Waals surface area contributed by atoms with Crippen LogP contribution in [0.25, 0.3) is 0 Å². The van der Waals surface area contributed by atoms with Crippen LogP contribution in [0.3, 0.4) is 0 Å². The molecule has 1 rings (SSSR count). The van der Waals surface area contributed by atoms with Crippen LogP contribution < -0.4 is 0 Å². The molecule has 0 saturated carbocycles. The summed E-state index contributed by atoms with van der Waals surface area (Å²) in [4.78, 5) is 11.0. The van der Waals surface area contributed by atoms with E-state index in [9.17, 15) is 4.79 Å². The lowest BCUT2D eigenvalue weighted by atomic mass is 9.92. The van der Waals surface area contributed by atoms with Crippen LogP contribution in [0, 0.1) is 17.8 Å². The molecule has 4 unspecified atom stereocenters. The predicted octanol–water partition coefficient (Wildman–Crippen LogP) is 3.66. The number of hydrogen-bond acceptors (Lipinski definition) is 4. The molecule has 4 heteroatoms. The Morgan fingerprint density at radius 3 is 2.96 bits per heavy atom. The highest BCUT2D eigenvalue weighted by molar-refractivity contribution is 5.56. The topological polar surface area (TPSA) is 44.8 Å². The Hall–Kier alpha value is -1.41. The van der Waals surface area contributed by atoms with Crippen molar-refractivity contribution >= 4 is 6.29 Å². The van der Waals surface area contributed by atoms with Crippen LogP contribution in [0.1, 0.15) is 46.0 Å². The largest absolute Gasteiger partial charge is 0.370 e. The van der Waals surface area contributed by atoms with Gasteiger partial charge in [0.15, 0.2) is 0 Å². The van der Waals surface area contributed by atoms with Gasteiger partial charge in [-0.2, -0.15) is 0 Å². The quantitative estimate of drug-likeness (QED) is 0.250. The van der Waals surface area contributed by atoms with E-state index >= 15 is 0 Å². The molecule has 0 aromatic carbocycles. The summed E-state index contributed by atoms with van der Waals surface area (Å²) < 4.78 is 16.2. The van der Waals surface area contributed by atoms with Gasteiger partial charge in [0.1, 0.15) is 19.2 Å². The molecule has 0 spiro atoms. The molecule has 0 fully saturated rings. The molecule has 0 aliphatic carbocycles. The highest BCUT2D eigenvalue weighted by atomic mass is 16.7. The fourth-order valence-electron chi connectivity index (χ4n) is 2.90. The first-order valence-electron chi connectivity index (χ1n) is 8.53. The van der Waals surface area contributed by atoms with Crippen molar-refractivity contribution in [2.45, 2.75) is 64.3 Å². The number of hydrogen-bond donors (Lipinski definition) is 0. The maximum Gasteiger partial charge on any atom is 0.149 e.